The number of nitrogens with zero attached hydrogens (tertiary/aromatic N) is 1. The summed E-state index contributed by atoms with van der Waals surface area (Å²) in [5.41, 5.74) is 2.36. The molecule has 0 saturated heterocycles. The average molecular weight is 355 g/mol. The Morgan fingerprint density at radius 3 is 2.56 bits per heavy atom. The fourth-order valence-electron chi connectivity index (χ4n) is 3.74. The van der Waals surface area contributed by atoms with Crippen LogP contribution in [0.25, 0.3) is 0 Å². The zero-order valence-corrected chi connectivity index (χ0v) is 14.8. The van der Waals surface area contributed by atoms with Crippen LogP contribution in [-0.2, 0) is 12.8 Å². The fourth-order valence-corrected chi connectivity index (χ4v) is 5.02. The van der Waals surface area contributed by atoms with E-state index in [-0.39, 0.29) is 17.9 Å². The zero-order valence-electron chi connectivity index (χ0n) is 14.0. The third kappa shape index (κ3) is 3.31. The van der Waals surface area contributed by atoms with E-state index in [0.717, 1.165) is 37.7 Å². The van der Waals surface area contributed by atoms with Gasteiger partial charge in [-0.15, -0.1) is 11.3 Å². The lowest BCUT2D eigenvalue weighted by atomic mass is 10.1. The van der Waals surface area contributed by atoms with E-state index in [2.05, 4.69) is 15.6 Å². The average Bonchev–Trinajstić information content (AvgIpc) is 3.33. The second-order valence-electron chi connectivity index (χ2n) is 6.71. The number of rotatable bonds is 4. The van der Waals surface area contributed by atoms with Crippen LogP contribution in [0.3, 0.4) is 0 Å². The molecule has 0 spiro atoms. The van der Waals surface area contributed by atoms with Gasteiger partial charge in [-0.1, -0.05) is 12.8 Å². The molecule has 25 heavy (non-hydrogen) atoms. The number of carbonyl (C=O) groups excluding carboxylic acids is 2. The van der Waals surface area contributed by atoms with Gasteiger partial charge in [0.25, 0.3) is 11.8 Å². The summed E-state index contributed by atoms with van der Waals surface area (Å²) in [4.78, 5) is 30.6. The van der Waals surface area contributed by atoms with E-state index in [1.807, 2.05) is 0 Å². The van der Waals surface area contributed by atoms with Crippen molar-refractivity contribution >= 4 is 28.2 Å². The molecule has 5 nitrogen and oxygen atoms in total. The summed E-state index contributed by atoms with van der Waals surface area (Å²) < 4.78 is 0. The predicted molar refractivity (Wildman–Crippen MR) is 98.3 cm³/mol. The highest BCUT2D eigenvalue weighted by molar-refractivity contribution is 7.17. The molecule has 2 aromatic heterocycles. The molecule has 2 aliphatic carbocycles. The summed E-state index contributed by atoms with van der Waals surface area (Å²) >= 11 is 1.55. The van der Waals surface area contributed by atoms with Gasteiger partial charge in [0.15, 0.2) is 0 Å². The predicted octanol–water partition coefficient (Wildman–Crippen LogP) is 3.56. The monoisotopic (exact) mass is 355 g/mol. The Balaban J connectivity index is 1.59. The van der Waals surface area contributed by atoms with Crippen molar-refractivity contribution in [3.63, 3.8) is 0 Å². The maximum atomic E-state index is 12.9. The Kier molecular flexibility index (Phi) is 4.53. The molecular weight excluding hydrogens is 334 g/mol. The molecule has 1 fully saturated rings. The van der Waals surface area contributed by atoms with E-state index in [0.29, 0.717) is 16.1 Å². The lowest BCUT2D eigenvalue weighted by molar-refractivity contribution is 0.0938. The second-order valence-corrected chi connectivity index (χ2v) is 7.81. The summed E-state index contributed by atoms with van der Waals surface area (Å²) in [6.07, 6.45) is 10.7. The molecule has 2 heterocycles. The van der Waals surface area contributed by atoms with E-state index in [9.17, 15) is 9.59 Å². The van der Waals surface area contributed by atoms with Gasteiger partial charge in [0, 0.05) is 28.9 Å². The van der Waals surface area contributed by atoms with Gasteiger partial charge < -0.3 is 10.6 Å². The Labute approximate surface area is 150 Å². The number of thiophene rings is 1. The van der Waals surface area contributed by atoms with Gasteiger partial charge in [0.1, 0.15) is 5.00 Å². The quantitative estimate of drug-likeness (QED) is 0.881. The molecule has 2 aromatic rings. The summed E-state index contributed by atoms with van der Waals surface area (Å²) in [7, 11) is 0. The van der Waals surface area contributed by atoms with Crippen LogP contribution in [0.4, 0.5) is 5.00 Å². The minimum Gasteiger partial charge on any atom is -0.349 e. The molecule has 2 amide bonds. The first-order valence-corrected chi connectivity index (χ1v) is 9.71. The maximum Gasteiger partial charge on any atom is 0.256 e. The number of hydrogen-bond donors (Lipinski definition) is 2. The maximum absolute atomic E-state index is 12.9. The Morgan fingerprint density at radius 2 is 1.80 bits per heavy atom. The lowest BCUT2D eigenvalue weighted by Gasteiger charge is -2.14. The van der Waals surface area contributed by atoms with Crippen LogP contribution in [0.2, 0.25) is 0 Å². The highest BCUT2D eigenvalue weighted by atomic mass is 32.1. The Bertz CT molecular complexity index is 795. The number of carbonyl (C=O) groups is 2. The summed E-state index contributed by atoms with van der Waals surface area (Å²) in [5, 5.41) is 6.81. The van der Waals surface area contributed by atoms with Crippen molar-refractivity contribution in [2.75, 3.05) is 5.32 Å². The van der Waals surface area contributed by atoms with Crippen LogP contribution in [0.15, 0.2) is 24.5 Å². The van der Waals surface area contributed by atoms with Crippen molar-refractivity contribution in [3.05, 3.63) is 46.1 Å². The Morgan fingerprint density at radius 1 is 1.04 bits per heavy atom. The second kappa shape index (κ2) is 6.96. The number of nitrogens with one attached hydrogen (secondary N) is 2. The molecule has 2 aliphatic rings. The number of pyridine rings is 1. The van der Waals surface area contributed by atoms with Gasteiger partial charge in [0.05, 0.1) is 5.56 Å². The SMILES string of the molecule is O=C(Nc1sc2c(c1C(=O)NC1CCCC1)CCC2)c1ccncc1. The van der Waals surface area contributed by atoms with Crippen molar-refractivity contribution in [1.82, 2.24) is 10.3 Å². The van der Waals surface area contributed by atoms with Crippen LogP contribution >= 0.6 is 11.3 Å². The van der Waals surface area contributed by atoms with Crippen molar-refractivity contribution in [2.45, 2.75) is 51.0 Å². The van der Waals surface area contributed by atoms with Gasteiger partial charge >= 0.3 is 0 Å². The van der Waals surface area contributed by atoms with E-state index in [1.165, 1.54) is 17.7 Å². The van der Waals surface area contributed by atoms with E-state index in [4.69, 9.17) is 0 Å². The third-order valence-electron chi connectivity index (χ3n) is 5.01. The topological polar surface area (TPSA) is 71.1 Å². The Hall–Kier alpha value is -2.21. The molecule has 6 heteroatoms. The highest BCUT2D eigenvalue weighted by Gasteiger charge is 2.29. The molecular formula is C19H21N3O2S. The van der Waals surface area contributed by atoms with Crippen LogP contribution < -0.4 is 10.6 Å². The third-order valence-corrected chi connectivity index (χ3v) is 6.22. The fraction of sp³-hybridized carbons (Fsp3) is 0.421. The first kappa shape index (κ1) is 16.3. The van der Waals surface area contributed by atoms with E-state index >= 15 is 0 Å². The minimum atomic E-state index is -0.197. The van der Waals surface area contributed by atoms with Crippen LogP contribution in [0.5, 0.6) is 0 Å². The zero-order chi connectivity index (χ0) is 17.2. The van der Waals surface area contributed by atoms with Gasteiger partial charge in [-0.05, 0) is 49.8 Å². The van der Waals surface area contributed by atoms with Crippen LogP contribution in [0, 0.1) is 0 Å². The van der Waals surface area contributed by atoms with Gasteiger partial charge in [-0.25, -0.2) is 0 Å². The molecule has 0 bridgehead atoms. The molecule has 4 rings (SSSR count). The van der Waals surface area contributed by atoms with Gasteiger partial charge in [-0.2, -0.15) is 0 Å². The molecule has 0 radical (unpaired) electrons. The largest absolute Gasteiger partial charge is 0.349 e. The van der Waals surface area contributed by atoms with E-state index in [1.54, 1.807) is 35.9 Å². The first-order valence-electron chi connectivity index (χ1n) is 8.89. The van der Waals surface area contributed by atoms with Crippen molar-refractivity contribution < 1.29 is 9.59 Å². The minimum absolute atomic E-state index is 0.0312. The normalized spacial score (nSPS) is 16.6. The van der Waals surface area contributed by atoms with Crippen LogP contribution in [-0.4, -0.2) is 22.8 Å². The molecule has 0 atom stereocenters. The number of aromatic nitrogens is 1. The molecule has 0 aliphatic heterocycles. The summed E-state index contributed by atoms with van der Waals surface area (Å²) in [6.45, 7) is 0. The van der Waals surface area contributed by atoms with Crippen LogP contribution in [0.1, 0.15) is 63.3 Å². The molecule has 2 N–H and O–H groups in total. The molecule has 1 saturated carbocycles. The van der Waals surface area contributed by atoms with Gasteiger partial charge in [0.2, 0.25) is 0 Å². The number of anilines is 1. The summed E-state index contributed by atoms with van der Waals surface area (Å²) in [5.74, 6) is -0.228. The first-order chi connectivity index (χ1) is 12.2. The standard InChI is InChI=1S/C19H21N3O2S/c23-17(12-8-10-20-11-9-12)22-19-16(14-6-3-7-15(14)25-19)18(24)21-13-4-1-2-5-13/h8-11,13H,1-7H2,(H,21,24)(H,22,23). The molecule has 0 aromatic carbocycles. The van der Waals surface area contributed by atoms with E-state index < -0.39 is 0 Å². The smallest absolute Gasteiger partial charge is 0.256 e. The molecule has 0 unspecified atom stereocenters. The number of aryl methyl sites for hydroxylation is 1. The highest BCUT2D eigenvalue weighted by Crippen LogP contribution is 2.39. The number of amides is 2. The number of fused-ring (bicyclic) bond motifs is 1. The summed E-state index contributed by atoms with van der Waals surface area (Å²) in [6, 6.07) is 3.62. The molecule has 130 valence electrons. The van der Waals surface area contributed by atoms with Gasteiger partial charge in [-0.3, -0.25) is 14.6 Å². The number of hydrogen-bond acceptors (Lipinski definition) is 4. The lowest BCUT2D eigenvalue weighted by Crippen LogP contribution is -2.33. The van der Waals surface area contributed by atoms with Crippen molar-refractivity contribution in [1.29, 1.82) is 0 Å². The van der Waals surface area contributed by atoms with Crippen molar-refractivity contribution in [2.24, 2.45) is 0 Å². The van der Waals surface area contributed by atoms with Crippen molar-refractivity contribution in [3.8, 4) is 0 Å².